The van der Waals surface area contributed by atoms with Crippen LogP contribution in [0.4, 0.5) is 17.5 Å². The molecule has 2 fully saturated rings. The minimum absolute atomic E-state index is 0.431. The van der Waals surface area contributed by atoms with E-state index in [1.54, 1.807) is 12.4 Å². The van der Waals surface area contributed by atoms with Gasteiger partial charge in [-0.2, -0.15) is 4.98 Å². The van der Waals surface area contributed by atoms with Crippen LogP contribution in [-0.2, 0) is 6.54 Å². The number of rotatable bonds is 7. The van der Waals surface area contributed by atoms with Gasteiger partial charge in [-0.1, -0.05) is 12.1 Å². The molecule has 36 heavy (non-hydrogen) atoms. The second-order valence-electron chi connectivity index (χ2n) is 9.23. The zero-order valence-electron chi connectivity index (χ0n) is 20.6. The van der Waals surface area contributed by atoms with Crippen molar-refractivity contribution in [3.05, 3.63) is 54.4 Å². The molecule has 3 aromatic rings. The SMILES string of the molecule is CC1CCCCN1c1cc(Sc2ncccn2)nc(NC(=S)NCc2ccc(N3CCCC3)cc2)n1. The van der Waals surface area contributed by atoms with Gasteiger partial charge in [0.15, 0.2) is 10.3 Å². The number of hydrogen-bond acceptors (Lipinski definition) is 8. The van der Waals surface area contributed by atoms with Gasteiger partial charge >= 0.3 is 0 Å². The van der Waals surface area contributed by atoms with Crippen LogP contribution in [0.5, 0.6) is 0 Å². The zero-order valence-corrected chi connectivity index (χ0v) is 22.2. The van der Waals surface area contributed by atoms with Gasteiger partial charge < -0.3 is 20.4 Å². The van der Waals surface area contributed by atoms with Crippen LogP contribution in [0.1, 0.15) is 44.6 Å². The average Bonchev–Trinajstić information content (AvgIpc) is 3.44. The molecule has 0 bridgehead atoms. The highest BCUT2D eigenvalue weighted by Gasteiger charge is 2.21. The summed E-state index contributed by atoms with van der Waals surface area (Å²) >= 11 is 7.01. The summed E-state index contributed by atoms with van der Waals surface area (Å²) in [5.74, 6) is 1.38. The lowest BCUT2D eigenvalue weighted by Gasteiger charge is -2.34. The van der Waals surface area contributed by atoms with Crippen molar-refractivity contribution < 1.29 is 0 Å². The molecular weight excluding hydrogens is 488 g/mol. The first kappa shape index (κ1) is 24.7. The summed E-state index contributed by atoms with van der Waals surface area (Å²) < 4.78 is 0. The summed E-state index contributed by atoms with van der Waals surface area (Å²) in [6, 6.07) is 13.0. The molecule has 4 heterocycles. The first-order valence-corrected chi connectivity index (χ1v) is 13.9. The second kappa shape index (κ2) is 11.8. The molecule has 1 atom stereocenters. The highest BCUT2D eigenvalue weighted by atomic mass is 32.2. The average molecular weight is 521 g/mol. The summed E-state index contributed by atoms with van der Waals surface area (Å²) in [5.41, 5.74) is 2.47. The molecule has 1 aromatic carbocycles. The second-order valence-corrected chi connectivity index (χ2v) is 10.6. The van der Waals surface area contributed by atoms with Gasteiger partial charge in [0, 0.05) is 56.4 Å². The van der Waals surface area contributed by atoms with E-state index in [4.69, 9.17) is 22.2 Å². The highest BCUT2D eigenvalue weighted by molar-refractivity contribution is 7.99. The van der Waals surface area contributed by atoms with E-state index in [-0.39, 0.29) is 0 Å². The third-order valence-electron chi connectivity index (χ3n) is 6.61. The third-order valence-corrected chi connectivity index (χ3v) is 7.67. The first-order chi connectivity index (χ1) is 17.6. The maximum Gasteiger partial charge on any atom is 0.232 e. The topological polar surface area (TPSA) is 82.1 Å². The van der Waals surface area contributed by atoms with E-state index in [2.05, 4.69) is 61.6 Å². The van der Waals surface area contributed by atoms with Crippen LogP contribution in [0.15, 0.2) is 59.0 Å². The van der Waals surface area contributed by atoms with Gasteiger partial charge in [-0.25, -0.2) is 15.0 Å². The van der Waals surface area contributed by atoms with Crippen molar-refractivity contribution in [3.8, 4) is 0 Å². The van der Waals surface area contributed by atoms with Gasteiger partial charge in [-0.3, -0.25) is 0 Å². The number of nitrogens with one attached hydrogen (secondary N) is 2. The Hall–Kier alpha value is -2.98. The maximum atomic E-state index is 5.59. The minimum atomic E-state index is 0.431. The lowest BCUT2D eigenvalue weighted by atomic mass is 10.0. The predicted octanol–water partition coefficient (Wildman–Crippen LogP) is 4.88. The highest BCUT2D eigenvalue weighted by Crippen LogP contribution is 2.30. The number of benzene rings is 1. The summed E-state index contributed by atoms with van der Waals surface area (Å²) in [6.07, 6.45) is 9.61. The summed E-state index contributed by atoms with van der Waals surface area (Å²) in [7, 11) is 0. The van der Waals surface area contributed by atoms with Crippen molar-refractivity contribution in [2.45, 2.75) is 61.8 Å². The molecular formula is C26H32N8S2. The normalized spacial score (nSPS) is 17.8. The monoisotopic (exact) mass is 520 g/mol. The molecule has 0 aliphatic carbocycles. The molecule has 2 aliphatic heterocycles. The number of hydrogen-bond donors (Lipinski definition) is 2. The van der Waals surface area contributed by atoms with Crippen LogP contribution >= 0.6 is 24.0 Å². The van der Waals surface area contributed by atoms with E-state index in [9.17, 15) is 0 Å². The molecule has 0 amide bonds. The van der Waals surface area contributed by atoms with E-state index in [1.807, 2.05) is 12.1 Å². The molecule has 0 spiro atoms. The Kier molecular flexibility index (Phi) is 8.12. The van der Waals surface area contributed by atoms with E-state index >= 15 is 0 Å². The van der Waals surface area contributed by atoms with Crippen LogP contribution in [0, 0.1) is 0 Å². The third kappa shape index (κ3) is 6.41. The van der Waals surface area contributed by atoms with Crippen molar-refractivity contribution in [1.82, 2.24) is 25.3 Å². The Labute approximate surface area is 222 Å². The summed E-state index contributed by atoms with van der Waals surface area (Å²) in [5, 5.41) is 8.42. The number of piperidine rings is 1. The van der Waals surface area contributed by atoms with Crippen molar-refractivity contribution >= 4 is 46.5 Å². The minimum Gasteiger partial charge on any atom is -0.372 e. The van der Waals surface area contributed by atoms with Gasteiger partial charge in [-0.05, 0) is 86.8 Å². The Morgan fingerprint density at radius 1 is 1.03 bits per heavy atom. The molecule has 1 unspecified atom stereocenters. The van der Waals surface area contributed by atoms with Crippen LogP contribution < -0.4 is 20.4 Å². The molecule has 2 aliphatic rings. The molecule has 2 aromatic heterocycles. The van der Waals surface area contributed by atoms with E-state index in [0.29, 0.717) is 28.8 Å². The Morgan fingerprint density at radius 2 is 1.78 bits per heavy atom. The molecule has 5 rings (SSSR count). The number of thiocarbonyl (C=S) groups is 1. The fourth-order valence-corrected chi connectivity index (χ4v) is 5.54. The number of nitrogens with zero attached hydrogens (tertiary/aromatic N) is 6. The van der Waals surface area contributed by atoms with Gasteiger partial charge in [0.2, 0.25) is 5.95 Å². The van der Waals surface area contributed by atoms with Crippen LogP contribution in [0.3, 0.4) is 0 Å². The molecule has 8 nitrogen and oxygen atoms in total. The first-order valence-electron chi connectivity index (χ1n) is 12.6. The standard InChI is InChI=1S/C26H32N8S2/c1-19-7-2-3-16-34(19)22-17-23(36-26-27-12-6-13-28-26)31-24(30-22)32-25(35)29-18-20-8-10-21(11-9-20)33-14-4-5-15-33/h6,8-13,17,19H,2-5,7,14-16,18H2,1H3,(H2,29,30,31,32,35). The Balaban J connectivity index is 1.26. The van der Waals surface area contributed by atoms with Gasteiger partial charge in [0.05, 0.1) is 0 Å². The van der Waals surface area contributed by atoms with Gasteiger partial charge in [0.25, 0.3) is 0 Å². The fourth-order valence-electron chi connectivity index (χ4n) is 4.67. The lowest BCUT2D eigenvalue weighted by Crippen LogP contribution is -2.38. The van der Waals surface area contributed by atoms with Crippen LogP contribution in [0.2, 0.25) is 0 Å². The Bertz CT molecular complexity index is 1150. The number of anilines is 3. The van der Waals surface area contributed by atoms with Crippen molar-refractivity contribution in [1.29, 1.82) is 0 Å². The molecule has 2 N–H and O–H groups in total. The summed E-state index contributed by atoms with van der Waals surface area (Å²) in [6.45, 7) is 6.17. The van der Waals surface area contributed by atoms with Gasteiger partial charge in [-0.15, -0.1) is 0 Å². The molecule has 188 valence electrons. The summed E-state index contributed by atoms with van der Waals surface area (Å²) in [4.78, 5) is 23.0. The smallest absolute Gasteiger partial charge is 0.232 e. The van der Waals surface area contributed by atoms with Gasteiger partial charge in [0.1, 0.15) is 10.8 Å². The van der Waals surface area contributed by atoms with Crippen molar-refractivity contribution in [2.75, 3.05) is 34.8 Å². The fraction of sp³-hybridized carbons (Fsp3) is 0.423. The molecule has 2 saturated heterocycles. The zero-order chi connectivity index (χ0) is 24.7. The van der Waals surface area contributed by atoms with Crippen LogP contribution in [0.25, 0.3) is 0 Å². The number of aromatic nitrogens is 4. The molecule has 0 saturated carbocycles. The maximum absolute atomic E-state index is 5.59. The molecule has 10 heteroatoms. The lowest BCUT2D eigenvalue weighted by molar-refractivity contribution is 0.480. The van der Waals surface area contributed by atoms with Crippen molar-refractivity contribution in [2.24, 2.45) is 0 Å². The van der Waals surface area contributed by atoms with E-state index < -0.39 is 0 Å². The largest absolute Gasteiger partial charge is 0.372 e. The quantitative estimate of drug-likeness (QED) is 0.255. The van der Waals surface area contributed by atoms with E-state index in [1.165, 1.54) is 42.3 Å². The van der Waals surface area contributed by atoms with E-state index in [0.717, 1.165) is 43.3 Å². The Morgan fingerprint density at radius 3 is 2.53 bits per heavy atom. The van der Waals surface area contributed by atoms with Crippen LogP contribution in [-0.4, -0.2) is 50.7 Å². The predicted molar refractivity (Wildman–Crippen MR) is 150 cm³/mol. The molecule has 0 radical (unpaired) electrons. The van der Waals surface area contributed by atoms with Crippen molar-refractivity contribution in [3.63, 3.8) is 0 Å².